The van der Waals surface area contributed by atoms with Crippen LogP contribution in [-0.2, 0) is 11.2 Å². The number of Topliss-reactive ketones (excluding diaryl/α,β-unsaturated/α-hetero) is 1. The molecule has 0 saturated carbocycles. The molecular weight excluding hydrogens is 258 g/mol. The Morgan fingerprint density at radius 1 is 1.37 bits per heavy atom. The van der Waals surface area contributed by atoms with Gasteiger partial charge in [-0.05, 0) is 6.42 Å². The third kappa shape index (κ3) is 2.91. The topological polar surface area (TPSA) is 39.2 Å². The molecule has 0 radical (unpaired) electrons. The van der Waals surface area contributed by atoms with Gasteiger partial charge in [-0.1, -0.05) is 30.3 Å². The van der Waals surface area contributed by atoms with Gasteiger partial charge in [0.05, 0.1) is 23.7 Å². The zero-order chi connectivity index (χ0) is 13.1. The minimum atomic E-state index is 0.125. The van der Waals surface area contributed by atoms with E-state index < -0.39 is 0 Å². The minimum Gasteiger partial charge on any atom is -0.381 e. The standard InChI is InChI=1S/C15H15NO2S/c17-14(11-4-2-1-3-5-11)8-13-10-19-15(16-13)12-6-7-18-9-12/h1-5,10,12H,6-9H2. The number of hydrogen-bond acceptors (Lipinski definition) is 4. The molecule has 0 aliphatic carbocycles. The highest BCUT2D eigenvalue weighted by Crippen LogP contribution is 2.28. The second-order valence-electron chi connectivity index (χ2n) is 4.70. The average molecular weight is 273 g/mol. The minimum absolute atomic E-state index is 0.125. The SMILES string of the molecule is O=C(Cc1csc(C2CCOC2)n1)c1ccccc1. The van der Waals surface area contributed by atoms with Crippen LogP contribution in [0, 0.1) is 0 Å². The molecule has 0 N–H and O–H groups in total. The van der Waals surface area contributed by atoms with E-state index >= 15 is 0 Å². The van der Waals surface area contributed by atoms with Crippen molar-refractivity contribution in [1.29, 1.82) is 0 Å². The lowest BCUT2D eigenvalue weighted by Gasteiger charge is -2.01. The van der Waals surface area contributed by atoms with Crippen molar-refractivity contribution in [2.75, 3.05) is 13.2 Å². The Morgan fingerprint density at radius 3 is 2.95 bits per heavy atom. The van der Waals surface area contributed by atoms with Crippen molar-refractivity contribution in [1.82, 2.24) is 4.98 Å². The number of benzene rings is 1. The molecule has 1 atom stereocenters. The van der Waals surface area contributed by atoms with Gasteiger partial charge in [-0.2, -0.15) is 0 Å². The average Bonchev–Trinajstić information content (AvgIpc) is 3.10. The molecule has 98 valence electrons. The smallest absolute Gasteiger partial charge is 0.168 e. The van der Waals surface area contributed by atoms with Crippen molar-refractivity contribution < 1.29 is 9.53 Å². The van der Waals surface area contributed by atoms with Gasteiger partial charge in [0.2, 0.25) is 0 Å². The Kier molecular flexibility index (Phi) is 3.71. The fraction of sp³-hybridized carbons (Fsp3) is 0.333. The Balaban J connectivity index is 1.68. The second kappa shape index (κ2) is 5.63. The Hall–Kier alpha value is -1.52. The summed E-state index contributed by atoms with van der Waals surface area (Å²) >= 11 is 1.64. The molecule has 4 heteroatoms. The molecule has 2 aromatic rings. The third-order valence-electron chi connectivity index (χ3n) is 3.29. The number of aromatic nitrogens is 1. The predicted molar refractivity (Wildman–Crippen MR) is 74.8 cm³/mol. The van der Waals surface area contributed by atoms with Crippen molar-refractivity contribution in [2.45, 2.75) is 18.8 Å². The molecule has 0 spiro atoms. The number of carbonyl (C=O) groups is 1. The molecule has 19 heavy (non-hydrogen) atoms. The summed E-state index contributed by atoms with van der Waals surface area (Å²) in [6.45, 7) is 1.59. The molecule has 1 unspecified atom stereocenters. The predicted octanol–water partition coefficient (Wildman–Crippen LogP) is 3.07. The molecular formula is C15H15NO2S. The van der Waals surface area contributed by atoms with Gasteiger partial charge in [-0.25, -0.2) is 4.98 Å². The van der Waals surface area contributed by atoms with Gasteiger partial charge in [0.25, 0.3) is 0 Å². The van der Waals surface area contributed by atoms with E-state index in [2.05, 4.69) is 4.98 Å². The van der Waals surface area contributed by atoms with E-state index in [1.807, 2.05) is 35.7 Å². The van der Waals surface area contributed by atoms with Gasteiger partial charge < -0.3 is 4.74 Å². The first kappa shape index (κ1) is 12.5. The molecule has 1 aliphatic heterocycles. The molecule has 1 fully saturated rings. The van der Waals surface area contributed by atoms with Crippen LogP contribution in [0.25, 0.3) is 0 Å². The maximum atomic E-state index is 12.1. The van der Waals surface area contributed by atoms with Gasteiger partial charge in [0, 0.05) is 23.5 Å². The number of hydrogen-bond donors (Lipinski definition) is 0. The van der Waals surface area contributed by atoms with Crippen molar-refractivity contribution in [3.8, 4) is 0 Å². The Morgan fingerprint density at radius 2 is 2.21 bits per heavy atom. The van der Waals surface area contributed by atoms with Crippen molar-refractivity contribution >= 4 is 17.1 Å². The zero-order valence-corrected chi connectivity index (χ0v) is 11.4. The van der Waals surface area contributed by atoms with Crippen LogP contribution in [0.5, 0.6) is 0 Å². The van der Waals surface area contributed by atoms with Crippen LogP contribution in [-0.4, -0.2) is 24.0 Å². The van der Waals surface area contributed by atoms with Crippen LogP contribution in [0.2, 0.25) is 0 Å². The van der Waals surface area contributed by atoms with Gasteiger partial charge in [0.15, 0.2) is 5.78 Å². The Labute approximate surface area is 116 Å². The van der Waals surface area contributed by atoms with Gasteiger partial charge >= 0.3 is 0 Å². The first-order valence-corrected chi connectivity index (χ1v) is 7.31. The quantitative estimate of drug-likeness (QED) is 0.804. The summed E-state index contributed by atoms with van der Waals surface area (Å²) in [4.78, 5) is 16.7. The van der Waals surface area contributed by atoms with Crippen molar-refractivity contribution in [3.63, 3.8) is 0 Å². The molecule has 2 heterocycles. The molecule has 3 rings (SSSR count). The molecule has 3 nitrogen and oxygen atoms in total. The highest BCUT2D eigenvalue weighted by Gasteiger charge is 2.21. The van der Waals surface area contributed by atoms with E-state index in [4.69, 9.17) is 4.74 Å². The van der Waals surface area contributed by atoms with Crippen molar-refractivity contribution in [3.05, 3.63) is 52.0 Å². The number of thiazole rings is 1. The molecule has 0 bridgehead atoms. The number of rotatable bonds is 4. The highest BCUT2D eigenvalue weighted by molar-refractivity contribution is 7.09. The number of carbonyl (C=O) groups excluding carboxylic acids is 1. The highest BCUT2D eigenvalue weighted by atomic mass is 32.1. The maximum Gasteiger partial charge on any atom is 0.168 e. The van der Waals surface area contributed by atoms with E-state index in [1.54, 1.807) is 11.3 Å². The lowest BCUT2D eigenvalue weighted by molar-refractivity contribution is 0.0992. The largest absolute Gasteiger partial charge is 0.381 e. The van der Waals surface area contributed by atoms with Crippen molar-refractivity contribution in [2.24, 2.45) is 0 Å². The summed E-state index contributed by atoms with van der Waals surface area (Å²) in [6.07, 6.45) is 1.42. The van der Waals surface area contributed by atoms with E-state index in [9.17, 15) is 4.79 Å². The van der Waals surface area contributed by atoms with Crippen LogP contribution >= 0.6 is 11.3 Å². The number of nitrogens with zero attached hydrogens (tertiary/aromatic N) is 1. The fourth-order valence-electron chi connectivity index (χ4n) is 2.21. The van der Waals surface area contributed by atoms with Crippen LogP contribution < -0.4 is 0 Å². The lowest BCUT2D eigenvalue weighted by Crippen LogP contribution is -2.04. The van der Waals surface area contributed by atoms with Crippen LogP contribution in [0.4, 0.5) is 0 Å². The van der Waals surface area contributed by atoms with E-state index in [-0.39, 0.29) is 5.78 Å². The summed E-state index contributed by atoms with van der Waals surface area (Å²) in [5.74, 6) is 0.547. The second-order valence-corrected chi connectivity index (χ2v) is 5.59. The first-order chi connectivity index (χ1) is 9.33. The summed E-state index contributed by atoms with van der Waals surface area (Å²) < 4.78 is 5.37. The normalized spacial score (nSPS) is 18.6. The Bertz CT molecular complexity index is 559. The first-order valence-electron chi connectivity index (χ1n) is 6.43. The number of ketones is 1. The molecule has 1 aromatic carbocycles. The molecule has 1 aromatic heterocycles. The van der Waals surface area contributed by atoms with Crippen LogP contribution in [0.1, 0.15) is 33.4 Å². The summed E-state index contributed by atoms with van der Waals surface area (Å²) in [5.41, 5.74) is 1.63. The maximum absolute atomic E-state index is 12.1. The van der Waals surface area contributed by atoms with Gasteiger partial charge in [0.1, 0.15) is 0 Å². The summed E-state index contributed by atoms with van der Waals surface area (Å²) in [5, 5.41) is 3.10. The summed E-state index contributed by atoms with van der Waals surface area (Å²) in [6, 6.07) is 9.38. The van der Waals surface area contributed by atoms with E-state index in [0.717, 1.165) is 35.9 Å². The van der Waals surface area contributed by atoms with Crippen LogP contribution in [0.15, 0.2) is 35.7 Å². The van der Waals surface area contributed by atoms with Gasteiger partial charge in [-0.15, -0.1) is 11.3 Å². The monoisotopic (exact) mass is 273 g/mol. The zero-order valence-electron chi connectivity index (χ0n) is 10.5. The molecule has 0 amide bonds. The van der Waals surface area contributed by atoms with Gasteiger partial charge in [-0.3, -0.25) is 4.79 Å². The summed E-state index contributed by atoms with van der Waals surface area (Å²) in [7, 11) is 0. The van der Waals surface area contributed by atoms with E-state index in [0.29, 0.717) is 12.3 Å². The fourth-order valence-corrected chi connectivity index (χ4v) is 3.15. The molecule has 1 aliphatic rings. The lowest BCUT2D eigenvalue weighted by atomic mass is 10.1. The third-order valence-corrected chi connectivity index (χ3v) is 4.34. The van der Waals surface area contributed by atoms with E-state index in [1.165, 1.54) is 0 Å². The molecule has 1 saturated heterocycles. The number of ether oxygens (including phenoxy) is 1. The van der Waals surface area contributed by atoms with Crippen LogP contribution in [0.3, 0.4) is 0 Å².